The van der Waals surface area contributed by atoms with Gasteiger partial charge >= 0.3 is 6.09 Å². The molecule has 1 heterocycles. The number of hydrogen-bond donors (Lipinski definition) is 1. The van der Waals surface area contributed by atoms with Gasteiger partial charge < -0.3 is 10.0 Å². The third-order valence-corrected chi connectivity index (χ3v) is 3.18. The molecular formula is C12H12ClNO3. The van der Waals surface area contributed by atoms with Gasteiger partial charge in [-0.3, -0.25) is 4.79 Å². The lowest BCUT2D eigenvalue weighted by Gasteiger charge is -2.29. The fourth-order valence-corrected chi connectivity index (χ4v) is 2.26. The van der Waals surface area contributed by atoms with Gasteiger partial charge in [-0.2, -0.15) is 0 Å². The molecule has 1 aliphatic heterocycles. The van der Waals surface area contributed by atoms with Gasteiger partial charge in [-0.15, -0.1) is 0 Å². The summed E-state index contributed by atoms with van der Waals surface area (Å²) in [5.41, 5.74) is 0.868. The molecule has 0 saturated carbocycles. The van der Waals surface area contributed by atoms with Gasteiger partial charge in [0.1, 0.15) is 0 Å². The zero-order valence-corrected chi connectivity index (χ0v) is 9.85. The van der Waals surface area contributed by atoms with Gasteiger partial charge in [0.2, 0.25) is 0 Å². The Morgan fingerprint density at radius 3 is 2.82 bits per heavy atom. The third kappa shape index (κ3) is 2.58. The molecule has 90 valence electrons. The molecule has 1 aliphatic rings. The van der Waals surface area contributed by atoms with Crippen LogP contribution in [0.15, 0.2) is 24.3 Å². The van der Waals surface area contributed by atoms with Gasteiger partial charge in [0.25, 0.3) is 0 Å². The lowest BCUT2D eigenvalue weighted by Crippen LogP contribution is -2.42. The number of rotatable bonds is 1. The smallest absolute Gasteiger partial charge is 0.407 e. The van der Waals surface area contributed by atoms with Crippen molar-refractivity contribution < 1.29 is 14.7 Å². The summed E-state index contributed by atoms with van der Waals surface area (Å²) >= 11 is 5.88. The first-order valence-corrected chi connectivity index (χ1v) is 5.72. The van der Waals surface area contributed by atoms with E-state index in [1.54, 1.807) is 18.2 Å². The Bertz CT molecular complexity index is 461. The SMILES string of the molecule is O=C1CN(C(=O)O)CCC1c1cccc(Cl)c1. The summed E-state index contributed by atoms with van der Waals surface area (Å²) in [4.78, 5) is 23.8. The molecule has 1 atom stereocenters. The number of carbonyl (C=O) groups is 2. The van der Waals surface area contributed by atoms with E-state index in [0.29, 0.717) is 18.0 Å². The van der Waals surface area contributed by atoms with Crippen LogP contribution in [0.5, 0.6) is 0 Å². The van der Waals surface area contributed by atoms with E-state index in [2.05, 4.69) is 0 Å². The van der Waals surface area contributed by atoms with Crippen LogP contribution in [0, 0.1) is 0 Å². The number of halogens is 1. The maximum absolute atomic E-state index is 11.9. The maximum atomic E-state index is 11.9. The van der Waals surface area contributed by atoms with Crippen molar-refractivity contribution in [3.63, 3.8) is 0 Å². The zero-order chi connectivity index (χ0) is 12.4. The highest BCUT2D eigenvalue weighted by atomic mass is 35.5. The van der Waals surface area contributed by atoms with Gasteiger partial charge in [-0.05, 0) is 24.1 Å². The van der Waals surface area contributed by atoms with Crippen LogP contribution < -0.4 is 0 Å². The minimum atomic E-state index is -1.04. The molecule has 1 amide bonds. The number of carbonyl (C=O) groups excluding carboxylic acids is 1. The third-order valence-electron chi connectivity index (χ3n) is 2.94. The molecule has 5 heteroatoms. The fraction of sp³-hybridized carbons (Fsp3) is 0.333. The van der Waals surface area contributed by atoms with Crippen molar-refractivity contribution in [2.45, 2.75) is 12.3 Å². The summed E-state index contributed by atoms with van der Waals surface area (Å²) in [7, 11) is 0. The lowest BCUT2D eigenvalue weighted by molar-refractivity contribution is -0.123. The largest absolute Gasteiger partial charge is 0.465 e. The van der Waals surface area contributed by atoms with Crippen molar-refractivity contribution in [1.82, 2.24) is 4.90 Å². The van der Waals surface area contributed by atoms with E-state index in [4.69, 9.17) is 16.7 Å². The molecule has 2 rings (SSSR count). The summed E-state index contributed by atoms with van der Waals surface area (Å²) in [6.07, 6.45) is -0.520. The summed E-state index contributed by atoms with van der Waals surface area (Å²) in [5.74, 6) is -0.301. The van der Waals surface area contributed by atoms with Crippen LogP contribution in [0.2, 0.25) is 5.02 Å². The molecule has 1 fully saturated rings. The first kappa shape index (κ1) is 11.9. The summed E-state index contributed by atoms with van der Waals surface area (Å²) in [5, 5.41) is 9.40. The summed E-state index contributed by atoms with van der Waals surface area (Å²) in [6.45, 7) is 0.352. The van der Waals surface area contributed by atoms with Gasteiger partial charge in [0.15, 0.2) is 5.78 Å². The first-order chi connectivity index (χ1) is 8.08. The highest BCUT2D eigenvalue weighted by molar-refractivity contribution is 6.30. The molecule has 0 aromatic heterocycles. The highest BCUT2D eigenvalue weighted by Gasteiger charge is 2.30. The number of ketones is 1. The normalized spacial score (nSPS) is 20.4. The lowest BCUT2D eigenvalue weighted by atomic mass is 9.88. The Kier molecular flexibility index (Phi) is 3.33. The van der Waals surface area contributed by atoms with Gasteiger partial charge in [-0.25, -0.2) is 4.79 Å². The Labute approximate surface area is 104 Å². The molecule has 17 heavy (non-hydrogen) atoms. The second kappa shape index (κ2) is 4.75. The summed E-state index contributed by atoms with van der Waals surface area (Å²) in [6, 6.07) is 7.17. The van der Waals surface area contributed by atoms with E-state index in [-0.39, 0.29) is 18.2 Å². The van der Waals surface area contributed by atoms with Crippen LogP contribution in [0.25, 0.3) is 0 Å². The minimum Gasteiger partial charge on any atom is -0.465 e. The van der Waals surface area contributed by atoms with E-state index in [9.17, 15) is 9.59 Å². The van der Waals surface area contributed by atoms with Gasteiger partial charge in [0.05, 0.1) is 6.54 Å². The van der Waals surface area contributed by atoms with Crippen molar-refractivity contribution in [3.05, 3.63) is 34.9 Å². The number of nitrogens with zero attached hydrogens (tertiary/aromatic N) is 1. The number of piperidine rings is 1. The molecule has 1 N–H and O–H groups in total. The molecule has 0 aliphatic carbocycles. The quantitative estimate of drug-likeness (QED) is 0.836. The van der Waals surface area contributed by atoms with Crippen molar-refractivity contribution in [1.29, 1.82) is 0 Å². The van der Waals surface area contributed by atoms with Crippen LogP contribution >= 0.6 is 11.6 Å². The van der Waals surface area contributed by atoms with Crippen LogP contribution in [0.3, 0.4) is 0 Å². The van der Waals surface area contributed by atoms with Crippen molar-refractivity contribution in [3.8, 4) is 0 Å². The van der Waals surface area contributed by atoms with E-state index < -0.39 is 6.09 Å². The molecule has 0 bridgehead atoms. The average Bonchev–Trinajstić information content (AvgIpc) is 2.28. The highest BCUT2D eigenvalue weighted by Crippen LogP contribution is 2.27. The van der Waals surface area contributed by atoms with Crippen molar-refractivity contribution >= 4 is 23.5 Å². The standard InChI is InChI=1S/C12H12ClNO3/c13-9-3-1-2-8(6-9)10-4-5-14(12(16)17)7-11(10)15/h1-3,6,10H,4-5,7H2,(H,16,17). The molecule has 0 spiro atoms. The number of Topliss-reactive ketones (excluding diaryl/α,β-unsaturated/α-hetero) is 1. The maximum Gasteiger partial charge on any atom is 0.407 e. The topological polar surface area (TPSA) is 57.6 Å². The van der Waals surface area contributed by atoms with Gasteiger partial charge in [0, 0.05) is 17.5 Å². The molecule has 1 aromatic carbocycles. The molecule has 1 aromatic rings. The minimum absolute atomic E-state index is 0.0352. The van der Waals surface area contributed by atoms with Crippen LogP contribution in [0.1, 0.15) is 17.9 Å². The number of carboxylic acid groups (broad SMARTS) is 1. The summed E-state index contributed by atoms with van der Waals surface area (Å²) < 4.78 is 0. The number of likely N-dealkylation sites (tertiary alicyclic amines) is 1. The Morgan fingerprint density at radius 1 is 1.47 bits per heavy atom. The van der Waals surface area contributed by atoms with Crippen LogP contribution in [-0.2, 0) is 4.79 Å². The number of amides is 1. The molecule has 1 saturated heterocycles. The zero-order valence-electron chi connectivity index (χ0n) is 9.10. The Morgan fingerprint density at radius 2 is 2.24 bits per heavy atom. The van der Waals surface area contributed by atoms with E-state index in [1.807, 2.05) is 6.07 Å². The molecule has 1 unspecified atom stereocenters. The average molecular weight is 254 g/mol. The van der Waals surface area contributed by atoms with Crippen LogP contribution in [-0.4, -0.2) is 35.0 Å². The number of hydrogen-bond acceptors (Lipinski definition) is 2. The monoisotopic (exact) mass is 253 g/mol. The number of benzene rings is 1. The van der Waals surface area contributed by atoms with E-state index in [0.717, 1.165) is 10.5 Å². The van der Waals surface area contributed by atoms with Crippen molar-refractivity contribution in [2.75, 3.05) is 13.1 Å². The molecular weight excluding hydrogens is 242 g/mol. The van der Waals surface area contributed by atoms with Gasteiger partial charge in [-0.1, -0.05) is 23.7 Å². The second-order valence-corrected chi connectivity index (χ2v) is 4.50. The van der Waals surface area contributed by atoms with Crippen molar-refractivity contribution in [2.24, 2.45) is 0 Å². The first-order valence-electron chi connectivity index (χ1n) is 5.34. The fourth-order valence-electron chi connectivity index (χ4n) is 2.06. The van der Waals surface area contributed by atoms with E-state index >= 15 is 0 Å². The Balaban J connectivity index is 2.15. The Hall–Kier alpha value is -1.55. The predicted octanol–water partition coefficient (Wildman–Crippen LogP) is 2.38. The van der Waals surface area contributed by atoms with Crippen LogP contribution in [0.4, 0.5) is 4.79 Å². The second-order valence-electron chi connectivity index (χ2n) is 4.07. The molecule has 0 radical (unpaired) electrons. The predicted molar refractivity (Wildman–Crippen MR) is 63.4 cm³/mol. The molecule has 4 nitrogen and oxygen atoms in total. The van der Waals surface area contributed by atoms with E-state index in [1.165, 1.54) is 0 Å².